The number of rotatable bonds is 6. The van der Waals surface area contributed by atoms with Crippen molar-refractivity contribution in [2.24, 2.45) is 5.73 Å². The van der Waals surface area contributed by atoms with Crippen LogP contribution in [0.25, 0.3) is 0 Å². The molecule has 1 unspecified atom stereocenters. The molecule has 0 heterocycles. The number of aliphatic carboxylic acids is 1. The van der Waals surface area contributed by atoms with E-state index >= 15 is 0 Å². The largest absolute Gasteiger partial charge is 0.481 e. The summed E-state index contributed by atoms with van der Waals surface area (Å²) in [6.45, 7) is 4.77. The molecular weight excluding hydrogens is 228 g/mol. The van der Waals surface area contributed by atoms with Crippen LogP contribution in [0.2, 0.25) is 0 Å². The fourth-order valence-electron chi connectivity index (χ4n) is 1.17. The zero-order valence-corrected chi connectivity index (χ0v) is 10.1. The second-order valence-corrected chi connectivity index (χ2v) is 4.17. The molecule has 98 valence electrons. The Hall–Kier alpha value is -1.63. The molecule has 0 aliphatic rings. The summed E-state index contributed by atoms with van der Waals surface area (Å²) in [4.78, 5) is 33.2. The van der Waals surface area contributed by atoms with Gasteiger partial charge in [-0.3, -0.25) is 9.59 Å². The van der Waals surface area contributed by atoms with Crippen molar-refractivity contribution in [2.75, 3.05) is 6.61 Å². The molecule has 1 amide bonds. The van der Waals surface area contributed by atoms with Gasteiger partial charge in [-0.15, -0.1) is 0 Å². The van der Waals surface area contributed by atoms with Gasteiger partial charge in [-0.1, -0.05) is 0 Å². The normalized spacial score (nSPS) is 12.7. The van der Waals surface area contributed by atoms with Crippen LogP contribution in [0.4, 0.5) is 0 Å². The van der Waals surface area contributed by atoms with E-state index in [4.69, 9.17) is 10.8 Å². The average Bonchev–Trinajstić information content (AvgIpc) is 2.13. The zero-order chi connectivity index (χ0) is 13.6. The highest BCUT2D eigenvalue weighted by molar-refractivity contribution is 6.02. The van der Waals surface area contributed by atoms with E-state index < -0.39 is 29.4 Å². The molecule has 1 atom stereocenters. The third kappa shape index (κ3) is 5.86. The van der Waals surface area contributed by atoms with Crippen LogP contribution in [0.15, 0.2) is 0 Å². The van der Waals surface area contributed by atoms with Gasteiger partial charge in [0.25, 0.3) is 0 Å². The van der Waals surface area contributed by atoms with Crippen LogP contribution >= 0.6 is 0 Å². The molecule has 0 bridgehead atoms. The second-order valence-electron chi connectivity index (χ2n) is 4.17. The van der Waals surface area contributed by atoms with Crippen LogP contribution in [-0.4, -0.2) is 41.1 Å². The Labute approximate surface area is 99.3 Å². The summed E-state index contributed by atoms with van der Waals surface area (Å²) < 4.78 is 4.58. The molecule has 0 aromatic rings. The quantitative estimate of drug-likeness (QED) is 0.419. The molecular formula is C10H18N2O5. The summed E-state index contributed by atoms with van der Waals surface area (Å²) in [5.41, 5.74) is 4.37. The van der Waals surface area contributed by atoms with Crippen LogP contribution in [0.5, 0.6) is 0 Å². The summed E-state index contributed by atoms with van der Waals surface area (Å²) >= 11 is 0. The average molecular weight is 246 g/mol. The predicted molar refractivity (Wildman–Crippen MR) is 59.1 cm³/mol. The van der Waals surface area contributed by atoms with Crippen molar-refractivity contribution < 1.29 is 24.2 Å². The van der Waals surface area contributed by atoms with Crippen LogP contribution < -0.4 is 11.1 Å². The van der Waals surface area contributed by atoms with Gasteiger partial charge in [-0.05, 0) is 20.8 Å². The Kier molecular flexibility index (Phi) is 5.60. The molecule has 0 spiro atoms. The van der Waals surface area contributed by atoms with Crippen LogP contribution in [0, 0.1) is 0 Å². The number of nitrogens with one attached hydrogen (secondary N) is 1. The van der Waals surface area contributed by atoms with Crippen molar-refractivity contribution in [1.82, 2.24) is 5.32 Å². The molecule has 17 heavy (non-hydrogen) atoms. The first-order valence-electron chi connectivity index (χ1n) is 5.15. The highest BCUT2D eigenvalue weighted by Crippen LogP contribution is 2.08. The summed E-state index contributed by atoms with van der Waals surface area (Å²) in [5, 5.41) is 11.0. The molecule has 0 aliphatic heterocycles. The van der Waals surface area contributed by atoms with Gasteiger partial charge in [0.15, 0.2) is 6.04 Å². The monoisotopic (exact) mass is 246 g/mol. The fraction of sp³-hybridized carbons (Fsp3) is 0.700. The first-order valence-corrected chi connectivity index (χ1v) is 5.15. The van der Waals surface area contributed by atoms with Crippen molar-refractivity contribution in [3.8, 4) is 0 Å². The Morgan fingerprint density at radius 1 is 1.41 bits per heavy atom. The van der Waals surface area contributed by atoms with Crippen molar-refractivity contribution in [3.63, 3.8) is 0 Å². The SMILES string of the molecule is CCOC(=O)C(N)C(=O)NC(C)(C)CC(=O)O. The van der Waals surface area contributed by atoms with E-state index in [1.54, 1.807) is 6.92 Å². The maximum atomic E-state index is 11.5. The number of carbonyl (C=O) groups excluding carboxylic acids is 2. The van der Waals surface area contributed by atoms with E-state index in [-0.39, 0.29) is 13.0 Å². The Morgan fingerprint density at radius 3 is 2.35 bits per heavy atom. The minimum Gasteiger partial charge on any atom is -0.481 e. The summed E-state index contributed by atoms with van der Waals surface area (Å²) in [5.74, 6) is -2.65. The second kappa shape index (κ2) is 6.19. The smallest absolute Gasteiger partial charge is 0.332 e. The van der Waals surface area contributed by atoms with E-state index in [9.17, 15) is 14.4 Å². The Bertz CT molecular complexity index is 314. The maximum absolute atomic E-state index is 11.5. The first-order chi connectivity index (χ1) is 7.69. The highest BCUT2D eigenvalue weighted by atomic mass is 16.5. The molecule has 7 heteroatoms. The Morgan fingerprint density at radius 2 is 1.94 bits per heavy atom. The lowest BCUT2D eigenvalue weighted by Crippen LogP contribution is -2.54. The number of hydrogen-bond acceptors (Lipinski definition) is 5. The lowest BCUT2D eigenvalue weighted by Gasteiger charge is -2.25. The third-order valence-corrected chi connectivity index (χ3v) is 1.88. The van der Waals surface area contributed by atoms with Crippen LogP contribution in [0.3, 0.4) is 0 Å². The minimum atomic E-state index is -1.44. The van der Waals surface area contributed by atoms with E-state index in [1.807, 2.05) is 0 Å². The van der Waals surface area contributed by atoms with Crippen molar-refractivity contribution in [2.45, 2.75) is 38.8 Å². The molecule has 4 N–H and O–H groups in total. The number of carbonyl (C=O) groups is 3. The predicted octanol–water partition coefficient (Wildman–Crippen LogP) is -0.754. The van der Waals surface area contributed by atoms with Gasteiger partial charge in [0.1, 0.15) is 0 Å². The van der Waals surface area contributed by atoms with E-state index in [0.717, 1.165) is 0 Å². The lowest BCUT2D eigenvalue weighted by molar-refractivity contribution is -0.148. The molecule has 0 aromatic carbocycles. The Balaban J connectivity index is 4.43. The van der Waals surface area contributed by atoms with Gasteiger partial charge >= 0.3 is 11.9 Å². The summed E-state index contributed by atoms with van der Waals surface area (Å²) in [6, 6.07) is -1.44. The van der Waals surface area contributed by atoms with Gasteiger partial charge in [0.05, 0.1) is 13.0 Å². The topological polar surface area (TPSA) is 119 Å². The molecule has 0 saturated carbocycles. The third-order valence-electron chi connectivity index (χ3n) is 1.88. The van der Waals surface area contributed by atoms with Gasteiger partial charge in [0.2, 0.25) is 5.91 Å². The standard InChI is InChI=1S/C10H18N2O5/c1-4-17-9(16)7(11)8(15)12-10(2,3)5-6(13)14/h7H,4-5,11H2,1-3H3,(H,12,15)(H,13,14). The number of ether oxygens (including phenoxy) is 1. The van der Waals surface area contributed by atoms with E-state index in [1.165, 1.54) is 13.8 Å². The number of hydrogen-bond donors (Lipinski definition) is 3. The van der Waals surface area contributed by atoms with Gasteiger partial charge in [-0.2, -0.15) is 0 Å². The molecule has 0 rings (SSSR count). The van der Waals surface area contributed by atoms with Gasteiger partial charge < -0.3 is 20.9 Å². The lowest BCUT2D eigenvalue weighted by atomic mass is 10.0. The minimum absolute atomic E-state index is 0.123. The first kappa shape index (κ1) is 15.4. The fourth-order valence-corrected chi connectivity index (χ4v) is 1.17. The summed E-state index contributed by atoms with van der Waals surface area (Å²) in [7, 11) is 0. The van der Waals surface area contributed by atoms with Crippen molar-refractivity contribution in [1.29, 1.82) is 0 Å². The number of carboxylic acid groups (broad SMARTS) is 1. The maximum Gasteiger partial charge on any atom is 0.332 e. The molecule has 7 nitrogen and oxygen atoms in total. The van der Waals surface area contributed by atoms with Gasteiger partial charge in [-0.25, -0.2) is 4.79 Å². The number of carboxylic acids is 1. The molecule has 0 radical (unpaired) electrons. The van der Waals surface area contributed by atoms with Crippen LogP contribution in [-0.2, 0) is 19.1 Å². The molecule has 0 aliphatic carbocycles. The zero-order valence-electron chi connectivity index (χ0n) is 10.1. The van der Waals surface area contributed by atoms with Crippen LogP contribution in [0.1, 0.15) is 27.2 Å². The van der Waals surface area contributed by atoms with Gasteiger partial charge in [0, 0.05) is 5.54 Å². The van der Waals surface area contributed by atoms with E-state index in [2.05, 4.69) is 10.1 Å². The molecule has 0 aromatic heterocycles. The molecule has 0 saturated heterocycles. The summed E-state index contributed by atoms with van der Waals surface area (Å²) in [6.07, 6.45) is -0.270. The number of amides is 1. The van der Waals surface area contributed by atoms with Crippen molar-refractivity contribution in [3.05, 3.63) is 0 Å². The number of nitrogens with two attached hydrogens (primary N) is 1. The van der Waals surface area contributed by atoms with Crippen molar-refractivity contribution >= 4 is 17.8 Å². The molecule has 0 fully saturated rings. The highest BCUT2D eigenvalue weighted by Gasteiger charge is 2.30. The number of esters is 1. The van der Waals surface area contributed by atoms with E-state index in [0.29, 0.717) is 0 Å².